The maximum Gasteiger partial charge on any atom is 0.139 e. The smallest absolute Gasteiger partial charge is 0.139 e. The minimum absolute atomic E-state index is 0.754. The lowest BCUT2D eigenvalue weighted by molar-refractivity contribution is 0.483. The van der Waals surface area contributed by atoms with E-state index in [1.54, 1.807) is 0 Å². The second-order valence-electron chi connectivity index (χ2n) is 14.2. The lowest BCUT2D eigenvalue weighted by Crippen LogP contribution is -2.23. The molecule has 3 aromatic heterocycles. The van der Waals surface area contributed by atoms with Gasteiger partial charge in [-0.3, -0.25) is 4.57 Å². The van der Waals surface area contributed by atoms with Gasteiger partial charge in [0, 0.05) is 64.4 Å². The summed E-state index contributed by atoms with van der Waals surface area (Å²) < 4.78 is 11.3. The first-order chi connectivity index (χ1) is 27.2. The highest BCUT2D eigenvalue weighted by Gasteiger charge is 2.26. The topological polar surface area (TPSA) is 38.5 Å². The van der Waals surface area contributed by atoms with Gasteiger partial charge in [-0.1, -0.05) is 97.1 Å². The Morgan fingerprint density at radius 3 is 1.93 bits per heavy atom. The largest absolute Gasteiger partial charge is 0.457 e. The summed E-state index contributed by atoms with van der Waals surface area (Å²) in [5, 5.41) is 4.62. The zero-order chi connectivity index (χ0) is 36.5. The first-order valence-electron chi connectivity index (χ1n) is 18.6. The van der Waals surface area contributed by atoms with Crippen molar-refractivity contribution in [1.82, 2.24) is 14.1 Å². The van der Waals surface area contributed by atoms with Crippen LogP contribution in [0.2, 0.25) is 0 Å². The Morgan fingerprint density at radius 1 is 0.455 bits per heavy atom. The van der Waals surface area contributed by atoms with Gasteiger partial charge in [-0.15, -0.1) is 0 Å². The minimum Gasteiger partial charge on any atom is -0.457 e. The SMILES string of the molecule is CN1CN(c2cccc(Oc3ccc4c5ccccc5n(-c5cc6c(cn5)c5ccccc5n6-c5ccccc5)c4c3)c2)c2cc(-c3ccccc3)ccc21. The Hall–Kier alpha value is -7.31. The Morgan fingerprint density at radius 2 is 1.11 bits per heavy atom. The fourth-order valence-electron chi connectivity index (χ4n) is 8.40. The summed E-state index contributed by atoms with van der Waals surface area (Å²) in [6.45, 7) is 0.754. The van der Waals surface area contributed by atoms with E-state index in [1.165, 1.54) is 33.3 Å². The monoisotopic (exact) mass is 709 g/mol. The number of hydrogen-bond acceptors (Lipinski definition) is 4. The fraction of sp³-hybridized carbons (Fsp3) is 0.0408. The van der Waals surface area contributed by atoms with Gasteiger partial charge in [0.25, 0.3) is 0 Å². The minimum atomic E-state index is 0.754. The van der Waals surface area contributed by atoms with Crippen molar-refractivity contribution in [2.45, 2.75) is 0 Å². The molecule has 0 saturated heterocycles. The molecule has 0 saturated carbocycles. The second-order valence-corrected chi connectivity index (χ2v) is 14.2. The highest BCUT2D eigenvalue weighted by Crippen LogP contribution is 2.44. The van der Waals surface area contributed by atoms with Crippen molar-refractivity contribution in [3.8, 4) is 34.1 Å². The molecular formula is C49H35N5O. The van der Waals surface area contributed by atoms with Crippen molar-refractivity contribution >= 4 is 60.7 Å². The molecule has 0 N–H and O–H groups in total. The molecule has 262 valence electrons. The summed E-state index contributed by atoms with van der Waals surface area (Å²) in [6.07, 6.45) is 2.02. The molecule has 11 rings (SSSR count). The number of fused-ring (bicyclic) bond motifs is 7. The molecule has 6 nitrogen and oxygen atoms in total. The summed E-state index contributed by atoms with van der Waals surface area (Å²) in [7, 11) is 2.14. The van der Waals surface area contributed by atoms with Crippen LogP contribution in [-0.2, 0) is 0 Å². The van der Waals surface area contributed by atoms with Crippen molar-refractivity contribution in [2.24, 2.45) is 0 Å². The molecule has 7 aromatic carbocycles. The molecule has 0 bridgehead atoms. The van der Waals surface area contributed by atoms with Gasteiger partial charge < -0.3 is 19.1 Å². The first-order valence-corrected chi connectivity index (χ1v) is 18.6. The predicted molar refractivity (Wildman–Crippen MR) is 227 cm³/mol. The number of nitrogens with zero attached hydrogens (tertiary/aromatic N) is 5. The van der Waals surface area contributed by atoms with Gasteiger partial charge >= 0.3 is 0 Å². The summed E-state index contributed by atoms with van der Waals surface area (Å²) >= 11 is 0. The maximum atomic E-state index is 6.69. The van der Waals surface area contributed by atoms with Gasteiger partial charge in [-0.25, -0.2) is 4.98 Å². The van der Waals surface area contributed by atoms with E-state index in [2.05, 4.69) is 196 Å². The zero-order valence-corrected chi connectivity index (χ0v) is 30.2. The van der Waals surface area contributed by atoms with E-state index >= 15 is 0 Å². The van der Waals surface area contributed by atoms with Crippen molar-refractivity contribution < 1.29 is 4.74 Å². The van der Waals surface area contributed by atoms with Gasteiger partial charge in [0.2, 0.25) is 0 Å². The van der Waals surface area contributed by atoms with Gasteiger partial charge in [0.1, 0.15) is 17.3 Å². The van der Waals surface area contributed by atoms with Crippen molar-refractivity contribution in [3.05, 3.63) is 182 Å². The van der Waals surface area contributed by atoms with Gasteiger partial charge in [0.05, 0.1) is 40.1 Å². The average molecular weight is 710 g/mol. The van der Waals surface area contributed by atoms with E-state index in [4.69, 9.17) is 9.72 Å². The Labute approximate surface area is 318 Å². The number of pyridine rings is 1. The van der Waals surface area contributed by atoms with E-state index in [0.29, 0.717) is 0 Å². The van der Waals surface area contributed by atoms with Crippen molar-refractivity contribution in [1.29, 1.82) is 0 Å². The van der Waals surface area contributed by atoms with Crippen LogP contribution in [0.5, 0.6) is 11.5 Å². The van der Waals surface area contributed by atoms with Crippen LogP contribution >= 0.6 is 0 Å². The maximum absolute atomic E-state index is 6.69. The Bertz CT molecular complexity index is 3070. The molecule has 1 aliphatic heterocycles. The van der Waals surface area contributed by atoms with Crippen LogP contribution in [0.4, 0.5) is 17.1 Å². The fourth-order valence-corrected chi connectivity index (χ4v) is 8.40. The third-order valence-electron chi connectivity index (χ3n) is 10.9. The van der Waals surface area contributed by atoms with Crippen LogP contribution in [0.1, 0.15) is 0 Å². The molecule has 0 fully saturated rings. The predicted octanol–water partition coefficient (Wildman–Crippen LogP) is 12.3. The number of anilines is 3. The molecule has 0 amide bonds. The van der Waals surface area contributed by atoms with Crippen LogP contribution in [-0.4, -0.2) is 27.8 Å². The van der Waals surface area contributed by atoms with E-state index < -0.39 is 0 Å². The summed E-state index contributed by atoms with van der Waals surface area (Å²) in [4.78, 5) is 9.77. The zero-order valence-electron chi connectivity index (χ0n) is 30.2. The number of aromatic nitrogens is 3. The lowest BCUT2D eigenvalue weighted by atomic mass is 10.0. The van der Waals surface area contributed by atoms with Crippen molar-refractivity contribution in [2.75, 3.05) is 23.5 Å². The van der Waals surface area contributed by atoms with E-state index in [0.717, 1.165) is 68.2 Å². The highest BCUT2D eigenvalue weighted by atomic mass is 16.5. The number of hydrogen-bond donors (Lipinski definition) is 0. The molecule has 0 atom stereocenters. The summed E-state index contributed by atoms with van der Waals surface area (Å²) in [5.74, 6) is 2.39. The van der Waals surface area contributed by atoms with Crippen LogP contribution in [0.3, 0.4) is 0 Å². The average Bonchev–Trinajstić information content (AvgIpc) is 3.87. The molecule has 0 radical (unpaired) electrons. The van der Waals surface area contributed by atoms with Crippen LogP contribution < -0.4 is 14.5 Å². The van der Waals surface area contributed by atoms with Crippen LogP contribution in [0.25, 0.3) is 66.2 Å². The Balaban J connectivity index is 1.00. The molecule has 0 aliphatic carbocycles. The van der Waals surface area contributed by atoms with E-state index in [-0.39, 0.29) is 0 Å². The third-order valence-corrected chi connectivity index (χ3v) is 10.9. The van der Waals surface area contributed by atoms with Crippen LogP contribution in [0.15, 0.2) is 182 Å². The van der Waals surface area contributed by atoms with E-state index in [9.17, 15) is 0 Å². The second kappa shape index (κ2) is 12.4. The van der Waals surface area contributed by atoms with E-state index in [1.807, 2.05) is 12.3 Å². The Kier molecular flexibility index (Phi) is 7.04. The molecular weight excluding hydrogens is 675 g/mol. The third kappa shape index (κ3) is 5.06. The molecule has 10 aromatic rings. The molecule has 4 heterocycles. The molecule has 1 aliphatic rings. The van der Waals surface area contributed by atoms with Crippen molar-refractivity contribution in [3.63, 3.8) is 0 Å². The lowest BCUT2D eigenvalue weighted by Gasteiger charge is -2.20. The van der Waals surface area contributed by atoms with Gasteiger partial charge in [-0.2, -0.15) is 0 Å². The molecule has 6 heteroatoms. The van der Waals surface area contributed by atoms with Gasteiger partial charge in [-0.05, 0) is 71.8 Å². The van der Waals surface area contributed by atoms with Gasteiger partial charge in [0.15, 0.2) is 0 Å². The number of para-hydroxylation sites is 3. The quantitative estimate of drug-likeness (QED) is 0.172. The molecule has 0 unspecified atom stereocenters. The molecule has 0 spiro atoms. The summed E-state index contributed by atoms with van der Waals surface area (Å²) in [5.41, 5.74) is 11.4. The first kappa shape index (κ1) is 31.2. The standard InChI is InChI=1S/C49H35N5O/c1-51-32-52(48-27-34(23-26-45(48)51)33-13-4-2-5-14-33)36-17-12-18-37(28-36)55-38-24-25-41-39-19-8-11-22-44(39)54(46(41)29-38)49-30-47-42(31-50-49)40-20-9-10-21-43(40)53(47)35-15-6-3-7-16-35/h2-31H,32H2,1H3. The number of rotatable bonds is 6. The number of benzene rings is 7. The summed E-state index contributed by atoms with van der Waals surface area (Å²) in [6, 6.07) is 62.0. The highest BCUT2D eigenvalue weighted by molar-refractivity contribution is 6.11. The number of ether oxygens (including phenoxy) is 1. The molecule has 55 heavy (non-hydrogen) atoms. The van der Waals surface area contributed by atoms with Crippen LogP contribution in [0, 0.1) is 0 Å². The normalized spacial score (nSPS) is 12.7.